The number of sulfonamides is 1. The van der Waals surface area contributed by atoms with E-state index in [1.54, 1.807) is 20.8 Å². The van der Waals surface area contributed by atoms with Gasteiger partial charge in [-0.05, 0) is 45.0 Å². The summed E-state index contributed by atoms with van der Waals surface area (Å²) in [7, 11) is -3.02. The van der Waals surface area contributed by atoms with Gasteiger partial charge in [-0.25, -0.2) is 8.42 Å². The summed E-state index contributed by atoms with van der Waals surface area (Å²) in [6, 6.07) is 3.65. The van der Waals surface area contributed by atoms with Crippen LogP contribution in [0.15, 0.2) is 29.2 Å². The second kappa shape index (κ2) is 9.73. The van der Waals surface area contributed by atoms with Crippen LogP contribution in [0.25, 0.3) is 0 Å². The number of methoxy groups -OCH3 is 1. The number of hydrogen-bond acceptors (Lipinski definition) is 7. The number of esters is 1. The molecule has 1 aliphatic heterocycles. The van der Waals surface area contributed by atoms with Crippen LogP contribution in [0, 0.1) is 11.8 Å². The minimum absolute atomic E-state index is 0.0663. The molecule has 30 heavy (non-hydrogen) atoms. The molecular weight excluding hydrogens is 430 g/mol. The summed E-state index contributed by atoms with van der Waals surface area (Å²) in [6.07, 6.45) is -0.424. The largest absolute Gasteiger partial charge is 0.481 e. The van der Waals surface area contributed by atoms with Gasteiger partial charge in [-0.2, -0.15) is 16.1 Å². The summed E-state index contributed by atoms with van der Waals surface area (Å²) in [4.78, 5) is 23.9. The van der Waals surface area contributed by atoms with Crippen LogP contribution >= 0.6 is 11.8 Å². The zero-order valence-corrected chi connectivity index (χ0v) is 18.9. The molecule has 1 fully saturated rings. The molecule has 1 aromatic carbocycles. The zero-order valence-electron chi connectivity index (χ0n) is 17.2. The number of carbonyl (C=O) groups excluding carboxylic acids is 1. The van der Waals surface area contributed by atoms with E-state index in [1.165, 1.54) is 43.1 Å². The Kier molecular flexibility index (Phi) is 7.80. The van der Waals surface area contributed by atoms with Gasteiger partial charge in [0.05, 0.1) is 18.4 Å². The summed E-state index contributed by atoms with van der Waals surface area (Å²) in [6.45, 7) is 5.34. The van der Waals surface area contributed by atoms with E-state index in [1.807, 2.05) is 0 Å². The quantitative estimate of drug-likeness (QED) is 0.491. The summed E-state index contributed by atoms with van der Waals surface area (Å²) in [5, 5.41) is 9.30. The standard InChI is InChI=1S/C20H25NO7S2/c1-5-6-11-28-15-7-9-16(10-8-15)30(25,26)21-14(12-17(22)23)13-29-20(2,3)18(21)19(24)27-4/h7-10,14,18H,11-13H2,1-4H3,(H,22,23)/t14?,18-/m0/s1. The molecular formula is C20H25NO7S2. The number of carbonyl (C=O) groups is 2. The van der Waals surface area contributed by atoms with Gasteiger partial charge in [-0.3, -0.25) is 9.59 Å². The third-order valence-electron chi connectivity index (χ3n) is 4.64. The highest BCUT2D eigenvalue weighted by Crippen LogP contribution is 2.42. The first-order chi connectivity index (χ1) is 14.0. The summed E-state index contributed by atoms with van der Waals surface area (Å²) >= 11 is 1.35. The van der Waals surface area contributed by atoms with Crippen molar-refractivity contribution in [1.82, 2.24) is 4.31 Å². The van der Waals surface area contributed by atoms with Gasteiger partial charge in [-0.15, -0.1) is 5.92 Å². The molecule has 0 saturated carbocycles. The van der Waals surface area contributed by atoms with E-state index in [0.717, 1.165) is 4.31 Å². The third-order valence-corrected chi connectivity index (χ3v) is 8.09. The lowest BCUT2D eigenvalue weighted by Crippen LogP contribution is -2.63. The van der Waals surface area contributed by atoms with Gasteiger partial charge >= 0.3 is 11.9 Å². The van der Waals surface area contributed by atoms with Crippen molar-refractivity contribution in [3.05, 3.63) is 24.3 Å². The Balaban J connectivity index is 2.48. The van der Waals surface area contributed by atoms with Gasteiger partial charge in [0.15, 0.2) is 0 Å². The van der Waals surface area contributed by atoms with Crippen molar-refractivity contribution in [1.29, 1.82) is 0 Å². The lowest BCUT2D eigenvalue weighted by Gasteiger charge is -2.47. The van der Waals surface area contributed by atoms with Crippen LogP contribution in [-0.2, 0) is 24.3 Å². The highest BCUT2D eigenvalue weighted by atomic mass is 32.2. The predicted octanol–water partition coefficient (Wildman–Crippen LogP) is 1.99. The summed E-state index contributed by atoms with van der Waals surface area (Å²) in [5.74, 6) is 4.24. The molecule has 2 atom stereocenters. The maximum absolute atomic E-state index is 13.5. The number of hydrogen-bond donors (Lipinski definition) is 1. The fourth-order valence-electron chi connectivity index (χ4n) is 3.19. The van der Waals surface area contributed by atoms with Crippen LogP contribution in [0.3, 0.4) is 0 Å². The van der Waals surface area contributed by atoms with E-state index in [2.05, 4.69) is 11.8 Å². The van der Waals surface area contributed by atoms with Gasteiger partial charge in [0, 0.05) is 16.5 Å². The molecule has 1 unspecified atom stereocenters. The molecule has 1 aliphatic rings. The van der Waals surface area contributed by atoms with Crippen molar-refractivity contribution >= 4 is 33.7 Å². The Morgan fingerprint density at radius 2 is 1.93 bits per heavy atom. The number of carboxylic acid groups (broad SMARTS) is 1. The van der Waals surface area contributed by atoms with Crippen LogP contribution in [-0.4, -0.2) is 66.1 Å². The van der Waals surface area contributed by atoms with Crippen LogP contribution in [0.1, 0.15) is 27.2 Å². The molecule has 1 N–H and O–H groups in total. The number of carboxylic acids is 1. The molecule has 8 nitrogen and oxygen atoms in total. The van der Waals surface area contributed by atoms with Crippen LogP contribution < -0.4 is 4.74 Å². The Labute approximate surface area is 181 Å². The van der Waals surface area contributed by atoms with Crippen molar-refractivity contribution in [2.24, 2.45) is 0 Å². The summed E-state index contributed by atoms with van der Waals surface area (Å²) in [5.41, 5.74) is 0. The number of benzene rings is 1. The smallest absolute Gasteiger partial charge is 0.325 e. The second-order valence-corrected chi connectivity index (χ2v) is 10.6. The van der Waals surface area contributed by atoms with E-state index in [0.29, 0.717) is 5.75 Å². The molecule has 0 bridgehead atoms. The summed E-state index contributed by atoms with van der Waals surface area (Å²) < 4.78 is 37.5. The Morgan fingerprint density at radius 1 is 1.30 bits per heavy atom. The fourth-order valence-corrected chi connectivity index (χ4v) is 6.51. The lowest BCUT2D eigenvalue weighted by atomic mass is 10.0. The maximum atomic E-state index is 13.5. The van der Waals surface area contributed by atoms with E-state index < -0.39 is 45.2 Å². The third kappa shape index (κ3) is 5.28. The number of ether oxygens (including phenoxy) is 2. The molecule has 2 rings (SSSR count). The van der Waals surface area contributed by atoms with Crippen molar-refractivity contribution in [2.45, 2.75) is 48.9 Å². The number of nitrogens with zero attached hydrogens (tertiary/aromatic N) is 1. The van der Waals surface area contributed by atoms with Crippen LogP contribution in [0.5, 0.6) is 5.75 Å². The number of aliphatic carboxylic acids is 1. The van der Waals surface area contributed by atoms with Gasteiger partial charge in [-0.1, -0.05) is 5.92 Å². The van der Waals surface area contributed by atoms with Crippen LogP contribution in [0.2, 0.25) is 0 Å². The predicted molar refractivity (Wildman–Crippen MR) is 113 cm³/mol. The zero-order chi connectivity index (χ0) is 22.5. The highest BCUT2D eigenvalue weighted by molar-refractivity contribution is 8.01. The SMILES string of the molecule is CC#CCOc1ccc(S(=O)(=O)N2C(CC(=O)O)CSC(C)(C)[C@@H]2C(=O)OC)cc1. The van der Waals surface area contributed by atoms with E-state index in [4.69, 9.17) is 9.47 Å². The van der Waals surface area contributed by atoms with Gasteiger partial charge < -0.3 is 14.6 Å². The molecule has 0 aromatic heterocycles. The van der Waals surface area contributed by atoms with E-state index in [9.17, 15) is 23.1 Å². The average Bonchev–Trinajstić information content (AvgIpc) is 2.68. The fraction of sp³-hybridized carbons (Fsp3) is 0.500. The molecule has 164 valence electrons. The van der Waals surface area contributed by atoms with Crippen molar-refractivity contribution in [3.63, 3.8) is 0 Å². The number of rotatable bonds is 7. The van der Waals surface area contributed by atoms with Gasteiger partial charge in [0.25, 0.3) is 0 Å². The monoisotopic (exact) mass is 455 g/mol. The molecule has 1 saturated heterocycles. The van der Waals surface area contributed by atoms with Crippen molar-refractivity contribution in [2.75, 3.05) is 19.5 Å². The molecule has 10 heteroatoms. The minimum atomic E-state index is -4.20. The Morgan fingerprint density at radius 3 is 2.47 bits per heavy atom. The first kappa shape index (κ1) is 24.1. The topological polar surface area (TPSA) is 110 Å². The molecule has 1 heterocycles. The van der Waals surface area contributed by atoms with Crippen LogP contribution in [0.4, 0.5) is 0 Å². The normalized spacial score (nSPS) is 21.2. The van der Waals surface area contributed by atoms with E-state index in [-0.39, 0.29) is 17.3 Å². The first-order valence-corrected chi connectivity index (χ1v) is 11.6. The van der Waals surface area contributed by atoms with Crippen molar-refractivity contribution < 1.29 is 32.6 Å². The average molecular weight is 456 g/mol. The molecule has 1 aromatic rings. The second-order valence-electron chi connectivity index (χ2n) is 7.11. The first-order valence-electron chi connectivity index (χ1n) is 9.14. The Hall–Kier alpha value is -2.22. The van der Waals surface area contributed by atoms with Crippen molar-refractivity contribution in [3.8, 4) is 17.6 Å². The van der Waals surface area contributed by atoms with Gasteiger partial charge in [0.1, 0.15) is 18.4 Å². The molecule has 0 radical (unpaired) electrons. The molecule has 0 spiro atoms. The van der Waals surface area contributed by atoms with Gasteiger partial charge in [0.2, 0.25) is 10.0 Å². The molecule has 0 aliphatic carbocycles. The number of thioether (sulfide) groups is 1. The lowest BCUT2D eigenvalue weighted by molar-refractivity contribution is -0.148. The Bertz CT molecular complexity index is 946. The maximum Gasteiger partial charge on any atom is 0.325 e. The van der Waals surface area contributed by atoms with E-state index >= 15 is 0 Å². The highest BCUT2D eigenvalue weighted by Gasteiger charge is 2.53. The molecule has 0 amide bonds. The minimum Gasteiger partial charge on any atom is -0.481 e.